The van der Waals surface area contributed by atoms with Crippen molar-refractivity contribution < 1.29 is 14.8 Å². The summed E-state index contributed by atoms with van der Waals surface area (Å²) in [5, 5.41) is 12.5. The number of hydroxylamine groups is 1. The van der Waals surface area contributed by atoms with Crippen LogP contribution in [0.5, 0.6) is 0 Å². The second-order valence-electron chi connectivity index (χ2n) is 8.18. The molecule has 1 unspecified atom stereocenters. The second kappa shape index (κ2) is 7.00. The molecule has 1 aromatic carbocycles. The van der Waals surface area contributed by atoms with E-state index in [0.717, 1.165) is 38.8 Å². The maximum absolute atomic E-state index is 13.2. The summed E-state index contributed by atoms with van der Waals surface area (Å²) < 4.78 is 0. The van der Waals surface area contributed by atoms with Crippen molar-refractivity contribution in [2.24, 2.45) is 11.3 Å². The molecule has 1 aliphatic carbocycles. The minimum absolute atomic E-state index is 0.00488. The van der Waals surface area contributed by atoms with Crippen molar-refractivity contribution in [3.63, 3.8) is 0 Å². The Labute approximate surface area is 153 Å². The Morgan fingerprint density at radius 2 is 2.00 bits per heavy atom. The Kier molecular flexibility index (Phi) is 4.71. The van der Waals surface area contributed by atoms with Gasteiger partial charge in [-0.3, -0.25) is 14.8 Å². The predicted octanol–water partition coefficient (Wildman–Crippen LogP) is 1.66. The van der Waals surface area contributed by atoms with Crippen molar-refractivity contribution in [3.05, 3.63) is 35.9 Å². The molecule has 1 saturated carbocycles. The zero-order chi connectivity index (χ0) is 18.1. The SMILES string of the molecule is O=C(NO)[C@H]1CC2(CC2)CN[C@@H]1C(=O)N1CCCC(c2ccccc2)C1. The van der Waals surface area contributed by atoms with Gasteiger partial charge in [0, 0.05) is 25.6 Å². The maximum atomic E-state index is 13.2. The molecule has 3 atom stereocenters. The van der Waals surface area contributed by atoms with Gasteiger partial charge in [0.15, 0.2) is 0 Å². The molecule has 6 heteroatoms. The van der Waals surface area contributed by atoms with Gasteiger partial charge in [0.2, 0.25) is 11.8 Å². The number of nitrogens with one attached hydrogen (secondary N) is 2. The number of piperidine rings is 2. The smallest absolute Gasteiger partial charge is 0.248 e. The third-order valence-corrected chi connectivity index (χ3v) is 6.43. The fourth-order valence-electron chi connectivity index (χ4n) is 4.64. The van der Waals surface area contributed by atoms with Crippen molar-refractivity contribution in [1.29, 1.82) is 0 Å². The summed E-state index contributed by atoms with van der Waals surface area (Å²) in [6.07, 6.45) is 4.92. The van der Waals surface area contributed by atoms with Gasteiger partial charge in [-0.1, -0.05) is 30.3 Å². The van der Waals surface area contributed by atoms with E-state index in [9.17, 15) is 9.59 Å². The summed E-state index contributed by atoms with van der Waals surface area (Å²) in [6.45, 7) is 2.22. The molecule has 4 rings (SSSR count). The quantitative estimate of drug-likeness (QED) is 0.568. The molecule has 3 aliphatic rings. The maximum Gasteiger partial charge on any atom is 0.248 e. The minimum atomic E-state index is -0.539. The van der Waals surface area contributed by atoms with E-state index < -0.39 is 17.9 Å². The Hall–Kier alpha value is -1.92. The molecule has 2 heterocycles. The van der Waals surface area contributed by atoms with Crippen LogP contribution in [-0.4, -0.2) is 47.6 Å². The van der Waals surface area contributed by atoms with E-state index in [1.807, 2.05) is 23.1 Å². The predicted molar refractivity (Wildman–Crippen MR) is 96.5 cm³/mol. The lowest BCUT2D eigenvalue weighted by Gasteiger charge is -2.40. The largest absolute Gasteiger partial charge is 0.341 e. The first-order chi connectivity index (χ1) is 12.6. The first kappa shape index (κ1) is 17.5. The molecule has 2 amide bonds. The summed E-state index contributed by atoms with van der Waals surface area (Å²) in [5.41, 5.74) is 3.20. The summed E-state index contributed by atoms with van der Waals surface area (Å²) in [4.78, 5) is 27.3. The third-order valence-electron chi connectivity index (χ3n) is 6.43. The van der Waals surface area contributed by atoms with E-state index >= 15 is 0 Å². The van der Waals surface area contributed by atoms with Crippen molar-refractivity contribution in [2.45, 2.75) is 44.1 Å². The van der Waals surface area contributed by atoms with Crippen LogP contribution in [0, 0.1) is 11.3 Å². The van der Waals surface area contributed by atoms with Gasteiger partial charge in [0.25, 0.3) is 0 Å². The number of hydrogen-bond donors (Lipinski definition) is 3. The highest BCUT2D eigenvalue weighted by Crippen LogP contribution is 2.52. The van der Waals surface area contributed by atoms with Crippen molar-refractivity contribution in [1.82, 2.24) is 15.7 Å². The van der Waals surface area contributed by atoms with E-state index in [2.05, 4.69) is 17.4 Å². The van der Waals surface area contributed by atoms with Crippen LogP contribution in [0.2, 0.25) is 0 Å². The highest BCUT2D eigenvalue weighted by Gasteiger charge is 2.52. The lowest BCUT2D eigenvalue weighted by atomic mass is 9.81. The number of carbonyl (C=O) groups is 2. The molecule has 0 bridgehead atoms. The van der Waals surface area contributed by atoms with Crippen LogP contribution in [-0.2, 0) is 9.59 Å². The van der Waals surface area contributed by atoms with Gasteiger partial charge in [0.1, 0.15) is 0 Å². The molecule has 0 aromatic heterocycles. The number of hydrogen-bond acceptors (Lipinski definition) is 4. The lowest BCUT2D eigenvalue weighted by molar-refractivity contribution is -0.145. The molecule has 0 radical (unpaired) electrons. The summed E-state index contributed by atoms with van der Waals surface area (Å²) in [6, 6.07) is 9.79. The van der Waals surface area contributed by atoms with Gasteiger partial charge in [-0.2, -0.15) is 0 Å². The Morgan fingerprint density at radius 1 is 1.23 bits per heavy atom. The average Bonchev–Trinajstić information content (AvgIpc) is 3.46. The van der Waals surface area contributed by atoms with E-state index in [1.165, 1.54) is 5.56 Å². The average molecular weight is 357 g/mol. The topological polar surface area (TPSA) is 81.7 Å². The first-order valence-electron chi connectivity index (χ1n) is 9.63. The van der Waals surface area contributed by atoms with Gasteiger partial charge in [0.05, 0.1) is 12.0 Å². The van der Waals surface area contributed by atoms with Crippen LogP contribution < -0.4 is 10.8 Å². The molecule has 140 valence electrons. The van der Waals surface area contributed by atoms with E-state index in [1.54, 1.807) is 5.48 Å². The fraction of sp³-hybridized carbons (Fsp3) is 0.600. The fourth-order valence-corrected chi connectivity index (χ4v) is 4.64. The number of amides is 2. The Balaban J connectivity index is 1.47. The number of likely N-dealkylation sites (tertiary alicyclic amines) is 1. The molecule has 3 fully saturated rings. The number of nitrogens with zero attached hydrogens (tertiary/aromatic N) is 1. The molecule has 2 saturated heterocycles. The van der Waals surface area contributed by atoms with Gasteiger partial charge >= 0.3 is 0 Å². The van der Waals surface area contributed by atoms with E-state index in [0.29, 0.717) is 18.9 Å². The monoisotopic (exact) mass is 357 g/mol. The summed E-state index contributed by atoms with van der Waals surface area (Å²) in [7, 11) is 0. The zero-order valence-electron chi connectivity index (χ0n) is 15.0. The van der Waals surface area contributed by atoms with Crippen molar-refractivity contribution in [2.75, 3.05) is 19.6 Å². The molecule has 2 aliphatic heterocycles. The van der Waals surface area contributed by atoms with Crippen LogP contribution in [0.3, 0.4) is 0 Å². The lowest BCUT2D eigenvalue weighted by Crippen LogP contribution is -2.59. The molecule has 3 N–H and O–H groups in total. The third kappa shape index (κ3) is 3.35. The van der Waals surface area contributed by atoms with Gasteiger partial charge in [-0.15, -0.1) is 0 Å². The standard InChI is InChI=1S/C20H27N3O3/c24-18(22-26)16-11-20(8-9-20)13-21-17(16)19(25)23-10-4-7-15(12-23)14-5-2-1-3-6-14/h1-3,5-6,15-17,21,26H,4,7-13H2,(H,22,24)/t15?,16-,17-/m0/s1. The number of benzene rings is 1. The van der Waals surface area contributed by atoms with Gasteiger partial charge < -0.3 is 10.2 Å². The first-order valence-corrected chi connectivity index (χ1v) is 9.63. The van der Waals surface area contributed by atoms with Crippen molar-refractivity contribution in [3.8, 4) is 0 Å². The van der Waals surface area contributed by atoms with E-state index in [4.69, 9.17) is 5.21 Å². The van der Waals surface area contributed by atoms with Crippen LogP contribution >= 0.6 is 0 Å². The van der Waals surface area contributed by atoms with Crippen molar-refractivity contribution >= 4 is 11.8 Å². The Morgan fingerprint density at radius 3 is 2.69 bits per heavy atom. The number of carbonyl (C=O) groups excluding carboxylic acids is 2. The number of rotatable bonds is 3. The second-order valence-corrected chi connectivity index (χ2v) is 8.18. The van der Waals surface area contributed by atoms with Crippen LogP contribution in [0.15, 0.2) is 30.3 Å². The van der Waals surface area contributed by atoms with Crippen LogP contribution in [0.1, 0.15) is 43.6 Å². The van der Waals surface area contributed by atoms with Crippen LogP contribution in [0.25, 0.3) is 0 Å². The highest BCUT2D eigenvalue weighted by molar-refractivity contribution is 5.90. The van der Waals surface area contributed by atoms with E-state index in [-0.39, 0.29) is 11.3 Å². The highest BCUT2D eigenvalue weighted by atomic mass is 16.5. The van der Waals surface area contributed by atoms with Crippen LogP contribution in [0.4, 0.5) is 0 Å². The molecular weight excluding hydrogens is 330 g/mol. The summed E-state index contributed by atoms with van der Waals surface area (Å²) in [5.74, 6) is -0.605. The molecular formula is C20H27N3O3. The zero-order valence-corrected chi connectivity index (χ0v) is 15.0. The normalized spacial score (nSPS) is 30.0. The van der Waals surface area contributed by atoms with Gasteiger partial charge in [-0.05, 0) is 43.1 Å². The minimum Gasteiger partial charge on any atom is -0.341 e. The molecule has 1 spiro atoms. The van der Waals surface area contributed by atoms with Gasteiger partial charge in [-0.25, -0.2) is 5.48 Å². The summed E-state index contributed by atoms with van der Waals surface area (Å²) >= 11 is 0. The molecule has 1 aromatic rings. The molecule has 6 nitrogen and oxygen atoms in total. The molecule has 26 heavy (non-hydrogen) atoms. The Bertz CT molecular complexity index is 674.